The van der Waals surface area contributed by atoms with Crippen molar-refractivity contribution in [3.63, 3.8) is 0 Å². The molecule has 0 radical (unpaired) electrons. The number of nitrogens with zero attached hydrogens (tertiary/aromatic N) is 6. The van der Waals surface area contributed by atoms with E-state index in [0.29, 0.717) is 12.8 Å². The molecule has 0 bridgehead atoms. The van der Waals surface area contributed by atoms with Crippen molar-refractivity contribution in [2.45, 2.75) is 44.8 Å². The van der Waals surface area contributed by atoms with Gasteiger partial charge < -0.3 is 21.7 Å². The maximum absolute atomic E-state index is 12.8. The second-order valence-electron chi connectivity index (χ2n) is 7.04. The largest absolute Gasteiger partial charge is 0.368 e. The molecule has 0 aromatic rings. The quantitative estimate of drug-likeness (QED) is 0.218. The number of hydrogen-bond acceptors (Lipinski definition) is 6. The fourth-order valence-corrected chi connectivity index (χ4v) is 3.09. The van der Waals surface area contributed by atoms with Gasteiger partial charge in [-0.3, -0.25) is 14.4 Å². The number of nitrogens with one attached hydrogen (secondary N) is 3. The number of carbonyl (C=O) groups is 3. The molecular formula is C15H26N10O3. The van der Waals surface area contributed by atoms with Gasteiger partial charge in [-0.25, -0.2) is 0 Å². The van der Waals surface area contributed by atoms with E-state index >= 15 is 0 Å². The van der Waals surface area contributed by atoms with E-state index in [9.17, 15) is 14.4 Å². The van der Waals surface area contributed by atoms with Crippen LogP contribution in [-0.2, 0) is 14.4 Å². The number of nitrogens with two attached hydrogens (primary N) is 1. The Balaban J connectivity index is 2.86. The molecule has 13 nitrogen and oxygen atoms in total. The predicted molar refractivity (Wildman–Crippen MR) is 100 cm³/mol. The molecule has 5 N–H and O–H groups in total. The van der Waals surface area contributed by atoms with Crippen LogP contribution in [0.2, 0.25) is 0 Å². The SMILES string of the molecule is CC(C)C[C@H](NC(=O)[C@H]1N[C@H](CN=[N+]=[N-])C[C@@H]1CN=[N+]=[N-])C(=O)NCC(N)=O. The highest BCUT2D eigenvalue weighted by Gasteiger charge is 2.38. The summed E-state index contributed by atoms with van der Waals surface area (Å²) in [5.41, 5.74) is 22.1. The van der Waals surface area contributed by atoms with Crippen LogP contribution in [0.3, 0.4) is 0 Å². The Morgan fingerprint density at radius 3 is 2.43 bits per heavy atom. The van der Waals surface area contributed by atoms with Crippen molar-refractivity contribution in [3.05, 3.63) is 20.9 Å². The summed E-state index contributed by atoms with van der Waals surface area (Å²) in [5, 5.41) is 15.2. The summed E-state index contributed by atoms with van der Waals surface area (Å²) < 4.78 is 0. The van der Waals surface area contributed by atoms with E-state index < -0.39 is 29.8 Å². The summed E-state index contributed by atoms with van der Waals surface area (Å²) in [7, 11) is 0. The van der Waals surface area contributed by atoms with Crippen molar-refractivity contribution < 1.29 is 14.4 Å². The zero-order valence-electron chi connectivity index (χ0n) is 15.9. The Hall–Kier alpha value is -3.01. The first-order valence-electron chi connectivity index (χ1n) is 8.92. The van der Waals surface area contributed by atoms with Gasteiger partial charge in [0.15, 0.2) is 0 Å². The summed E-state index contributed by atoms with van der Waals surface area (Å²) in [5.74, 6) is -1.81. The molecule has 0 spiro atoms. The van der Waals surface area contributed by atoms with Crippen molar-refractivity contribution in [2.24, 2.45) is 27.8 Å². The Kier molecular flexibility index (Phi) is 9.58. The number of primary amides is 1. The highest BCUT2D eigenvalue weighted by Crippen LogP contribution is 2.22. The van der Waals surface area contributed by atoms with Gasteiger partial charge >= 0.3 is 0 Å². The lowest BCUT2D eigenvalue weighted by atomic mass is 9.97. The van der Waals surface area contributed by atoms with E-state index in [1.165, 1.54) is 0 Å². The maximum Gasteiger partial charge on any atom is 0.243 e. The van der Waals surface area contributed by atoms with Crippen LogP contribution in [0.1, 0.15) is 26.7 Å². The Morgan fingerprint density at radius 2 is 1.86 bits per heavy atom. The summed E-state index contributed by atoms with van der Waals surface area (Å²) in [6.45, 7) is 3.72. The Labute approximate surface area is 162 Å². The minimum absolute atomic E-state index is 0.0943. The first-order valence-corrected chi connectivity index (χ1v) is 8.92. The molecule has 0 aromatic carbocycles. The second kappa shape index (κ2) is 11.7. The zero-order valence-corrected chi connectivity index (χ0v) is 15.9. The molecule has 154 valence electrons. The zero-order chi connectivity index (χ0) is 21.1. The van der Waals surface area contributed by atoms with Crippen LogP contribution in [0.5, 0.6) is 0 Å². The molecule has 1 aliphatic rings. The molecule has 1 saturated heterocycles. The number of carbonyl (C=O) groups excluding carboxylic acids is 3. The van der Waals surface area contributed by atoms with E-state index in [2.05, 4.69) is 36.0 Å². The third kappa shape index (κ3) is 7.70. The highest BCUT2D eigenvalue weighted by atomic mass is 16.2. The van der Waals surface area contributed by atoms with Gasteiger partial charge in [-0.05, 0) is 35.7 Å². The highest BCUT2D eigenvalue weighted by molar-refractivity contribution is 5.91. The molecule has 1 aliphatic heterocycles. The minimum Gasteiger partial charge on any atom is -0.368 e. The Morgan fingerprint density at radius 1 is 1.21 bits per heavy atom. The average molecular weight is 394 g/mol. The first kappa shape index (κ1) is 23.0. The minimum atomic E-state index is -0.843. The van der Waals surface area contributed by atoms with Crippen molar-refractivity contribution in [2.75, 3.05) is 19.6 Å². The Bertz CT molecular complexity index is 669. The number of amides is 3. The number of azide groups is 2. The van der Waals surface area contributed by atoms with Crippen molar-refractivity contribution in [3.8, 4) is 0 Å². The molecular weight excluding hydrogens is 368 g/mol. The molecule has 28 heavy (non-hydrogen) atoms. The molecule has 0 aromatic heterocycles. The molecule has 13 heteroatoms. The molecule has 0 saturated carbocycles. The summed E-state index contributed by atoms with van der Waals surface area (Å²) in [4.78, 5) is 41.4. The van der Waals surface area contributed by atoms with E-state index in [0.717, 1.165) is 0 Å². The van der Waals surface area contributed by atoms with Gasteiger partial charge in [0.25, 0.3) is 0 Å². The lowest BCUT2D eigenvalue weighted by Gasteiger charge is -2.24. The lowest BCUT2D eigenvalue weighted by Crippen LogP contribution is -2.54. The molecule has 1 rings (SSSR count). The molecule has 0 unspecified atom stereocenters. The van der Waals surface area contributed by atoms with E-state index in [1.807, 2.05) is 13.8 Å². The van der Waals surface area contributed by atoms with Crippen molar-refractivity contribution >= 4 is 17.7 Å². The molecule has 1 heterocycles. The van der Waals surface area contributed by atoms with E-state index in [1.54, 1.807) is 0 Å². The van der Waals surface area contributed by atoms with Crippen LogP contribution in [0.4, 0.5) is 0 Å². The average Bonchev–Trinajstić information content (AvgIpc) is 3.04. The van der Waals surface area contributed by atoms with Crippen LogP contribution in [0.15, 0.2) is 10.2 Å². The number of hydrogen-bond donors (Lipinski definition) is 4. The van der Waals surface area contributed by atoms with Crippen molar-refractivity contribution in [1.82, 2.24) is 16.0 Å². The van der Waals surface area contributed by atoms with E-state index in [4.69, 9.17) is 16.8 Å². The predicted octanol–water partition coefficient (Wildman–Crippen LogP) is 0.0861. The van der Waals surface area contributed by atoms with Crippen LogP contribution >= 0.6 is 0 Å². The number of rotatable bonds is 11. The monoisotopic (exact) mass is 394 g/mol. The summed E-state index contributed by atoms with van der Waals surface area (Å²) in [6.07, 6.45) is 0.852. The van der Waals surface area contributed by atoms with Crippen LogP contribution < -0.4 is 21.7 Å². The normalized spacial score (nSPS) is 21.9. The lowest BCUT2D eigenvalue weighted by molar-refractivity contribution is -0.131. The standard InChI is InChI=1S/C15H26N10O3/c1-8(2)3-11(14(27)19-7-12(16)26)23-15(28)13-9(5-20-24-17)4-10(22-13)6-21-25-18/h8-11,13,22H,3-7H2,1-2H3,(H2,16,26)(H,19,27)(H,23,28)/t9-,10+,11+,13+/m1/s1. The van der Waals surface area contributed by atoms with Gasteiger partial charge in [0, 0.05) is 29.0 Å². The molecule has 4 atom stereocenters. The molecule has 3 amide bonds. The van der Waals surface area contributed by atoms with E-state index in [-0.39, 0.29) is 37.5 Å². The van der Waals surface area contributed by atoms with Crippen LogP contribution in [-0.4, -0.2) is 55.5 Å². The maximum atomic E-state index is 12.8. The van der Waals surface area contributed by atoms with Gasteiger partial charge in [0.1, 0.15) is 6.04 Å². The fourth-order valence-electron chi connectivity index (χ4n) is 3.09. The van der Waals surface area contributed by atoms with Gasteiger partial charge in [0.05, 0.1) is 12.6 Å². The summed E-state index contributed by atoms with van der Waals surface area (Å²) >= 11 is 0. The van der Waals surface area contributed by atoms with Gasteiger partial charge in [-0.1, -0.05) is 24.1 Å². The third-order valence-electron chi connectivity index (χ3n) is 4.28. The molecule has 0 aliphatic carbocycles. The first-order chi connectivity index (χ1) is 13.3. The van der Waals surface area contributed by atoms with Crippen LogP contribution in [0.25, 0.3) is 20.9 Å². The van der Waals surface area contributed by atoms with Gasteiger partial charge in [-0.2, -0.15) is 0 Å². The topological polar surface area (TPSA) is 211 Å². The molecule has 1 fully saturated rings. The van der Waals surface area contributed by atoms with Crippen molar-refractivity contribution in [1.29, 1.82) is 0 Å². The second-order valence-corrected chi connectivity index (χ2v) is 7.04. The third-order valence-corrected chi connectivity index (χ3v) is 4.28. The summed E-state index contributed by atoms with van der Waals surface area (Å²) in [6, 6.07) is -1.79. The van der Waals surface area contributed by atoms with Gasteiger partial charge in [0.2, 0.25) is 17.7 Å². The van der Waals surface area contributed by atoms with Gasteiger partial charge in [-0.15, -0.1) is 0 Å². The van der Waals surface area contributed by atoms with Crippen LogP contribution in [0, 0.1) is 11.8 Å². The fraction of sp³-hybridized carbons (Fsp3) is 0.800. The smallest absolute Gasteiger partial charge is 0.243 e.